The number of rotatable bonds is 2. The Hall–Kier alpha value is -1.20. The lowest BCUT2D eigenvalue weighted by Gasteiger charge is -2.06. The van der Waals surface area contributed by atoms with Gasteiger partial charge in [-0.25, -0.2) is 4.39 Å². The van der Waals surface area contributed by atoms with Gasteiger partial charge < -0.3 is 0 Å². The first-order valence-corrected chi connectivity index (χ1v) is 5.28. The quantitative estimate of drug-likeness (QED) is 0.780. The zero-order valence-electron chi connectivity index (χ0n) is 8.23. The molecule has 0 spiro atoms. The Kier molecular flexibility index (Phi) is 3.07. The number of hydrogen-bond donors (Lipinski definition) is 0. The first-order chi connectivity index (χ1) is 7.58. The zero-order valence-corrected chi connectivity index (χ0v) is 9.74. The van der Waals surface area contributed by atoms with Gasteiger partial charge in [0.15, 0.2) is 5.82 Å². The van der Waals surface area contributed by atoms with E-state index >= 15 is 0 Å². The van der Waals surface area contributed by atoms with Gasteiger partial charge >= 0.3 is 0 Å². The highest BCUT2D eigenvalue weighted by atomic mass is 35.5. The van der Waals surface area contributed by atoms with Crippen LogP contribution in [0.1, 0.15) is 18.1 Å². The van der Waals surface area contributed by atoms with Gasteiger partial charge in [-0.05, 0) is 35.5 Å². The number of alkyl halides is 1. The van der Waals surface area contributed by atoms with Crippen LogP contribution in [0.4, 0.5) is 4.39 Å². The molecule has 16 heavy (non-hydrogen) atoms. The molecule has 0 aliphatic carbocycles. The minimum atomic E-state index is -0.453. The van der Waals surface area contributed by atoms with Crippen LogP contribution in [0.3, 0.4) is 0 Å². The molecule has 1 unspecified atom stereocenters. The number of hydrogen-bond acceptors (Lipinski definition) is 3. The first kappa shape index (κ1) is 11.3. The summed E-state index contributed by atoms with van der Waals surface area (Å²) >= 11 is 11.6. The maximum Gasteiger partial charge on any atom is 0.174 e. The van der Waals surface area contributed by atoms with Gasteiger partial charge in [0.05, 0.1) is 11.1 Å². The third-order valence-electron chi connectivity index (χ3n) is 1.94. The maximum atomic E-state index is 13.2. The molecule has 1 atom stereocenters. The Morgan fingerprint density at radius 3 is 2.75 bits per heavy atom. The van der Waals surface area contributed by atoms with Crippen LogP contribution in [-0.4, -0.2) is 20.2 Å². The number of halogens is 3. The van der Waals surface area contributed by atoms with Crippen molar-refractivity contribution in [2.24, 2.45) is 0 Å². The summed E-state index contributed by atoms with van der Waals surface area (Å²) in [5, 5.41) is 10.9. The van der Waals surface area contributed by atoms with Crippen molar-refractivity contribution in [3.63, 3.8) is 0 Å². The number of tetrazole rings is 1. The molecule has 0 aliphatic heterocycles. The van der Waals surface area contributed by atoms with Crippen LogP contribution in [0.15, 0.2) is 18.2 Å². The lowest BCUT2D eigenvalue weighted by molar-refractivity contribution is 0.624. The molecule has 0 amide bonds. The van der Waals surface area contributed by atoms with Gasteiger partial charge in [-0.1, -0.05) is 11.6 Å². The van der Waals surface area contributed by atoms with Gasteiger partial charge in [0.25, 0.3) is 0 Å². The summed E-state index contributed by atoms with van der Waals surface area (Å²) in [6.45, 7) is 1.73. The maximum absolute atomic E-state index is 13.2. The van der Waals surface area contributed by atoms with Gasteiger partial charge in [0.2, 0.25) is 0 Å². The van der Waals surface area contributed by atoms with E-state index in [1.165, 1.54) is 16.8 Å². The lowest BCUT2D eigenvalue weighted by Crippen LogP contribution is -2.04. The molecule has 1 aromatic heterocycles. The summed E-state index contributed by atoms with van der Waals surface area (Å²) in [7, 11) is 0. The molecule has 4 nitrogen and oxygen atoms in total. The number of nitrogens with zero attached hydrogens (tertiary/aromatic N) is 4. The molecule has 2 aromatic rings. The summed E-state index contributed by atoms with van der Waals surface area (Å²) in [4.78, 5) is 0. The third kappa shape index (κ3) is 2.15. The fourth-order valence-electron chi connectivity index (χ4n) is 1.29. The van der Waals surface area contributed by atoms with Crippen molar-refractivity contribution in [2.75, 3.05) is 0 Å². The van der Waals surface area contributed by atoms with Crippen LogP contribution in [0, 0.1) is 5.82 Å². The van der Waals surface area contributed by atoms with E-state index in [-0.39, 0.29) is 10.4 Å². The smallest absolute Gasteiger partial charge is 0.174 e. The van der Waals surface area contributed by atoms with Crippen LogP contribution in [0.2, 0.25) is 5.02 Å². The highest BCUT2D eigenvalue weighted by Crippen LogP contribution is 2.22. The van der Waals surface area contributed by atoms with E-state index in [0.717, 1.165) is 0 Å². The second-order valence-corrected chi connectivity index (χ2v) is 4.28. The fraction of sp³-hybridized carbons (Fsp3) is 0.222. The van der Waals surface area contributed by atoms with Gasteiger partial charge in [-0.2, -0.15) is 4.68 Å². The van der Waals surface area contributed by atoms with Gasteiger partial charge in [-0.3, -0.25) is 0 Å². The van der Waals surface area contributed by atoms with Crippen molar-refractivity contribution in [3.8, 4) is 5.69 Å². The molecular formula is C9H7Cl2FN4. The molecule has 2 rings (SSSR count). The molecule has 0 aliphatic rings. The highest BCUT2D eigenvalue weighted by Gasteiger charge is 2.14. The van der Waals surface area contributed by atoms with Crippen molar-refractivity contribution in [1.82, 2.24) is 20.2 Å². The summed E-state index contributed by atoms with van der Waals surface area (Å²) in [5.74, 6) is -0.0190. The summed E-state index contributed by atoms with van der Waals surface area (Å²) in [6, 6.07) is 4.05. The molecule has 84 valence electrons. The molecule has 1 aromatic carbocycles. The standard InChI is InChI=1S/C9H7Cl2FN4/c1-5(10)9-13-14-15-16(9)8-3-6(11)2-7(12)4-8/h2-5H,1H3. The Bertz CT molecular complexity index is 492. The van der Waals surface area contributed by atoms with E-state index in [0.29, 0.717) is 11.5 Å². The van der Waals surface area contributed by atoms with Crippen LogP contribution in [0.5, 0.6) is 0 Å². The normalized spacial score (nSPS) is 12.8. The molecular weight excluding hydrogens is 254 g/mol. The Balaban J connectivity index is 2.54. The predicted octanol–water partition coefficient (Wildman–Crippen LogP) is 2.75. The molecule has 0 fully saturated rings. The SMILES string of the molecule is CC(Cl)c1nnnn1-c1cc(F)cc(Cl)c1. The summed E-state index contributed by atoms with van der Waals surface area (Å²) in [5.41, 5.74) is 0.442. The van der Waals surface area contributed by atoms with Crippen molar-refractivity contribution in [3.05, 3.63) is 34.9 Å². The van der Waals surface area contributed by atoms with Crippen molar-refractivity contribution >= 4 is 23.2 Å². The van der Waals surface area contributed by atoms with Gasteiger partial charge in [0.1, 0.15) is 5.82 Å². The van der Waals surface area contributed by atoms with Crippen molar-refractivity contribution in [2.45, 2.75) is 12.3 Å². The van der Waals surface area contributed by atoms with Crippen molar-refractivity contribution < 1.29 is 4.39 Å². The van der Waals surface area contributed by atoms with Gasteiger partial charge in [-0.15, -0.1) is 16.7 Å². The van der Waals surface area contributed by atoms with Crippen LogP contribution >= 0.6 is 23.2 Å². The van der Waals surface area contributed by atoms with Gasteiger partial charge in [0, 0.05) is 5.02 Å². The minimum absolute atomic E-state index is 0.277. The lowest BCUT2D eigenvalue weighted by atomic mass is 10.3. The third-order valence-corrected chi connectivity index (χ3v) is 2.35. The monoisotopic (exact) mass is 260 g/mol. The molecule has 0 bridgehead atoms. The van der Waals surface area contributed by atoms with E-state index < -0.39 is 5.82 Å². The van der Waals surface area contributed by atoms with E-state index in [2.05, 4.69) is 15.5 Å². The molecule has 1 heterocycles. The topological polar surface area (TPSA) is 43.6 Å². The highest BCUT2D eigenvalue weighted by molar-refractivity contribution is 6.30. The van der Waals surface area contributed by atoms with Crippen LogP contribution in [-0.2, 0) is 0 Å². The van der Waals surface area contributed by atoms with Crippen molar-refractivity contribution in [1.29, 1.82) is 0 Å². The average molecular weight is 261 g/mol. The van der Waals surface area contributed by atoms with E-state index in [1.807, 2.05) is 0 Å². The summed E-state index contributed by atoms with van der Waals surface area (Å²) in [6.07, 6.45) is 0. The molecule has 7 heteroatoms. The molecule has 0 saturated carbocycles. The molecule has 0 N–H and O–H groups in total. The number of benzene rings is 1. The second kappa shape index (κ2) is 4.35. The minimum Gasteiger partial charge on any atom is -0.207 e. The predicted molar refractivity (Wildman–Crippen MR) is 58.4 cm³/mol. The Morgan fingerprint density at radius 2 is 2.12 bits per heavy atom. The molecule has 0 saturated heterocycles. The summed E-state index contributed by atoms with van der Waals surface area (Å²) < 4.78 is 14.5. The van der Waals surface area contributed by atoms with Crippen LogP contribution < -0.4 is 0 Å². The average Bonchev–Trinajstić information content (AvgIpc) is 2.63. The first-order valence-electron chi connectivity index (χ1n) is 4.47. The van der Waals surface area contributed by atoms with Crippen LogP contribution in [0.25, 0.3) is 5.69 Å². The fourth-order valence-corrected chi connectivity index (χ4v) is 1.64. The number of aromatic nitrogens is 4. The molecule has 0 radical (unpaired) electrons. The zero-order chi connectivity index (χ0) is 11.7. The van der Waals surface area contributed by atoms with E-state index in [9.17, 15) is 4.39 Å². The second-order valence-electron chi connectivity index (χ2n) is 3.19. The van der Waals surface area contributed by atoms with E-state index in [4.69, 9.17) is 23.2 Å². The Labute approximate surface area is 101 Å². The largest absolute Gasteiger partial charge is 0.207 e. The van der Waals surface area contributed by atoms with E-state index in [1.54, 1.807) is 13.0 Å². The Morgan fingerprint density at radius 1 is 1.38 bits per heavy atom.